The third kappa shape index (κ3) is 3.01. The molecule has 0 radical (unpaired) electrons. The van der Waals surface area contributed by atoms with Crippen LogP contribution in [-0.2, 0) is 19.9 Å². The highest BCUT2D eigenvalue weighted by Gasteiger charge is 2.62. The first-order valence-electron chi connectivity index (χ1n) is 8.81. The normalized spacial score (nSPS) is 27.8. The van der Waals surface area contributed by atoms with Crippen molar-refractivity contribution in [2.45, 2.75) is 43.2 Å². The fourth-order valence-corrected chi connectivity index (χ4v) is 3.27. The Morgan fingerprint density at radius 3 is 2.79 bits per heavy atom. The minimum Gasteiger partial charge on any atom is -0.456 e. The third-order valence-electron chi connectivity index (χ3n) is 4.79. The SMILES string of the molecule is BC(B)(O)C1O[C@@](C#N)(c2ccc3c(N)ncnn23)[C@H](O)[C@@H]1OC(=O)C(C)C. The van der Waals surface area contributed by atoms with Gasteiger partial charge in [0.25, 0.3) is 0 Å². The van der Waals surface area contributed by atoms with E-state index < -0.39 is 41.2 Å². The summed E-state index contributed by atoms with van der Waals surface area (Å²) in [6, 6.07) is 5.10. The number of aliphatic hydroxyl groups excluding tert-OH is 1. The van der Waals surface area contributed by atoms with Gasteiger partial charge in [-0.3, -0.25) is 4.79 Å². The molecule has 2 aromatic rings. The highest BCUT2D eigenvalue weighted by molar-refractivity contribution is 6.39. The van der Waals surface area contributed by atoms with Crippen LogP contribution in [0, 0.1) is 17.2 Å². The standard InChI is InChI=1S/C16H21B2N5O5/c1-7(2)14(25)27-10-11(24)15(5-19,28-12(10)16(17,18)26)9-4-3-8-13(20)21-6-22-23(8)9/h3-4,6-7,10-12,24,26H,17-18H2,1-2H3,(H2,20,21,22)/t10-,11+,12?,15-/m0/s1. The average Bonchev–Trinajstić information content (AvgIpc) is 3.16. The first-order valence-corrected chi connectivity index (χ1v) is 8.81. The third-order valence-corrected chi connectivity index (χ3v) is 4.79. The summed E-state index contributed by atoms with van der Waals surface area (Å²) in [7, 11) is 2.90. The highest BCUT2D eigenvalue weighted by atomic mass is 16.6. The second kappa shape index (κ2) is 6.77. The maximum Gasteiger partial charge on any atom is 0.308 e. The number of aromatic nitrogens is 3. The Hall–Kier alpha value is -2.61. The number of carbonyl (C=O) groups excluding carboxylic acids is 1. The van der Waals surface area contributed by atoms with E-state index in [2.05, 4.69) is 10.1 Å². The van der Waals surface area contributed by atoms with E-state index in [4.69, 9.17) is 15.2 Å². The summed E-state index contributed by atoms with van der Waals surface area (Å²) >= 11 is 0. The van der Waals surface area contributed by atoms with Gasteiger partial charge < -0.3 is 25.4 Å². The van der Waals surface area contributed by atoms with Gasteiger partial charge in [-0.15, -0.1) is 0 Å². The van der Waals surface area contributed by atoms with Gasteiger partial charge in [0.1, 0.15) is 45.8 Å². The van der Waals surface area contributed by atoms with Crippen molar-refractivity contribution < 1.29 is 24.5 Å². The van der Waals surface area contributed by atoms with Crippen molar-refractivity contribution in [1.29, 1.82) is 5.26 Å². The number of rotatable bonds is 4. The van der Waals surface area contributed by atoms with E-state index in [1.54, 1.807) is 19.9 Å². The van der Waals surface area contributed by atoms with Crippen molar-refractivity contribution in [2.24, 2.45) is 5.92 Å². The van der Waals surface area contributed by atoms with Crippen molar-refractivity contribution in [3.8, 4) is 6.07 Å². The number of carbonyl (C=O) groups is 1. The Kier molecular flexibility index (Phi) is 4.87. The molecular formula is C16H21B2N5O5. The molecule has 1 fully saturated rings. The van der Waals surface area contributed by atoms with Crippen molar-refractivity contribution in [3.05, 3.63) is 24.2 Å². The molecule has 0 spiro atoms. The van der Waals surface area contributed by atoms with Crippen LogP contribution in [0.15, 0.2) is 18.5 Å². The molecule has 10 nitrogen and oxygen atoms in total. The van der Waals surface area contributed by atoms with Crippen LogP contribution in [0.4, 0.5) is 5.82 Å². The summed E-state index contributed by atoms with van der Waals surface area (Å²) in [6.07, 6.45) is -2.79. The summed E-state index contributed by atoms with van der Waals surface area (Å²) in [5.74, 6) is -0.862. The Bertz CT molecular complexity index is 953. The van der Waals surface area contributed by atoms with Gasteiger partial charge in [-0.1, -0.05) is 13.8 Å². The number of nitrogens with two attached hydrogens (primary N) is 1. The fraction of sp³-hybridized carbons (Fsp3) is 0.500. The predicted octanol–water partition coefficient (Wildman–Crippen LogP) is -2.73. The van der Waals surface area contributed by atoms with Gasteiger partial charge in [-0.05, 0) is 12.1 Å². The molecule has 2 aromatic heterocycles. The first kappa shape index (κ1) is 20.1. The number of nitrogen functional groups attached to an aromatic ring is 1. The monoisotopic (exact) mass is 385 g/mol. The van der Waals surface area contributed by atoms with Crippen LogP contribution in [-0.4, -0.2) is 70.2 Å². The lowest BCUT2D eigenvalue weighted by atomic mass is 9.61. The number of hydrogen-bond acceptors (Lipinski definition) is 9. The molecule has 1 unspecified atom stereocenters. The molecule has 0 aromatic carbocycles. The minimum atomic E-state index is -1.94. The van der Waals surface area contributed by atoms with E-state index in [1.807, 2.05) is 6.07 Å². The Balaban J connectivity index is 2.14. The zero-order valence-corrected chi connectivity index (χ0v) is 16.0. The molecule has 4 atom stereocenters. The fourth-order valence-electron chi connectivity index (χ4n) is 3.27. The summed E-state index contributed by atoms with van der Waals surface area (Å²) < 4.78 is 12.7. The molecule has 3 heterocycles. The van der Waals surface area contributed by atoms with Gasteiger partial charge in [0.05, 0.1) is 11.6 Å². The number of nitriles is 1. The number of esters is 1. The van der Waals surface area contributed by atoms with Gasteiger partial charge in [0.2, 0.25) is 5.60 Å². The van der Waals surface area contributed by atoms with E-state index >= 15 is 0 Å². The van der Waals surface area contributed by atoms with Crippen molar-refractivity contribution in [1.82, 2.24) is 14.6 Å². The van der Waals surface area contributed by atoms with Crippen molar-refractivity contribution in [3.63, 3.8) is 0 Å². The first-order chi connectivity index (χ1) is 13.0. The van der Waals surface area contributed by atoms with Gasteiger partial charge in [-0.25, -0.2) is 9.50 Å². The van der Waals surface area contributed by atoms with Crippen LogP contribution < -0.4 is 5.73 Å². The number of fused-ring (bicyclic) bond motifs is 1. The van der Waals surface area contributed by atoms with E-state index in [-0.39, 0.29) is 11.5 Å². The Labute approximate surface area is 163 Å². The van der Waals surface area contributed by atoms with Crippen LogP contribution in [0.2, 0.25) is 0 Å². The molecule has 28 heavy (non-hydrogen) atoms. The molecule has 0 bridgehead atoms. The lowest BCUT2D eigenvalue weighted by Gasteiger charge is -2.30. The molecule has 0 amide bonds. The average molecular weight is 385 g/mol. The van der Waals surface area contributed by atoms with E-state index in [9.17, 15) is 20.3 Å². The summed E-state index contributed by atoms with van der Waals surface area (Å²) in [4.78, 5) is 16.1. The lowest BCUT2D eigenvalue weighted by molar-refractivity contribution is -0.162. The van der Waals surface area contributed by atoms with Crippen LogP contribution in [0.1, 0.15) is 19.5 Å². The largest absolute Gasteiger partial charge is 0.456 e. The van der Waals surface area contributed by atoms with E-state index in [0.717, 1.165) is 0 Å². The van der Waals surface area contributed by atoms with Gasteiger partial charge >= 0.3 is 5.97 Å². The van der Waals surface area contributed by atoms with Gasteiger partial charge in [-0.2, -0.15) is 10.4 Å². The number of nitrogens with zero attached hydrogens (tertiary/aromatic N) is 4. The molecular weight excluding hydrogens is 364 g/mol. The topological polar surface area (TPSA) is 156 Å². The Morgan fingerprint density at radius 1 is 1.54 bits per heavy atom. The Morgan fingerprint density at radius 2 is 2.21 bits per heavy atom. The van der Waals surface area contributed by atoms with Crippen LogP contribution in [0.5, 0.6) is 0 Å². The second-order valence-electron chi connectivity index (χ2n) is 7.70. The highest BCUT2D eigenvalue weighted by Crippen LogP contribution is 2.43. The molecule has 12 heteroatoms. The quantitative estimate of drug-likeness (QED) is 0.376. The number of hydrogen-bond donors (Lipinski definition) is 3. The van der Waals surface area contributed by atoms with Crippen molar-refractivity contribution in [2.75, 3.05) is 5.73 Å². The van der Waals surface area contributed by atoms with Crippen molar-refractivity contribution >= 4 is 33.0 Å². The van der Waals surface area contributed by atoms with E-state index in [1.165, 1.54) is 32.6 Å². The summed E-state index contributed by atoms with van der Waals surface area (Å²) in [6.45, 7) is 3.28. The van der Waals surface area contributed by atoms with Crippen LogP contribution in [0.3, 0.4) is 0 Å². The number of ether oxygens (including phenoxy) is 2. The molecule has 1 aliphatic heterocycles. The maximum absolute atomic E-state index is 12.2. The summed E-state index contributed by atoms with van der Waals surface area (Å²) in [5, 5.41) is 34.2. The molecule has 3 rings (SSSR count). The molecule has 0 aliphatic carbocycles. The maximum atomic E-state index is 12.2. The smallest absolute Gasteiger partial charge is 0.308 e. The zero-order valence-electron chi connectivity index (χ0n) is 16.0. The molecule has 0 saturated carbocycles. The predicted molar refractivity (Wildman–Crippen MR) is 102 cm³/mol. The molecule has 1 saturated heterocycles. The molecule has 146 valence electrons. The second-order valence-corrected chi connectivity index (χ2v) is 7.70. The van der Waals surface area contributed by atoms with Gasteiger partial charge in [0, 0.05) is 5.40 Å². The lowest BCUT2D eigenvalue weighted by Crippen LogP contribution is -2.52. The minimum absolute atomic E-state index is 0.184. The number of anilines is 1. The summed E-state index contributed by atoms with van der Waals surface area (Å²) in [5.41, 5.74) is 4.50. The van der Waals surface area contributed by atoms with E-state index in [0.29, 0.717) is 5.52 Å². The van der Waals surface area contributed by atoms with Gasteiger partial charge in [0.15, 0.2) is 11.9 Å². The van der Waals surface area contributed by atoms with Crippen LogP contribution >= 0.6 is 0 Å². The number of aliphatic hydroxyl groups is 2. The van der Waals surface area contributed by atoms with Crippen LogP contribution in [0.25, 0.3) is 5.52 Å². The molecule has 4 N–H and O–H groups in total. The zero-order chi connectivity index (χ0) is 20.9. The molecule has 1 aliphatic rings.